The van der Waals surface area contributed by atoms with Crippen molar-refractivity contribution in [3.8, 4) is 11.5 Å². The molecule has 0 saturated carbocycles. The zero-order valence-corrected chi connectivity index (χ0v) is 11.4. The zero-order valence-electron chi connectivity index (χ0n) is 11.4. The van der Waals surface area contributed by atoms with Crippen LogP contribution in [0, 0.1) is 5.92 Å². The van der Waals surface area contributed by atoms with Gasteiger partial charge < -0.3 is 14.8 Å². The average molecular weight is 259 g/mol. The molecule has 3 heteroatoms. The van der Waals surface area contributed by atoms with Crippen molar-refractivity contribution in [2.75, 3.05) is 13.8 Å². The number of nitrogens with one attached hydrogen (secondary N) is 1. The molecule has 1 aliphatic carbocycles. The Hall–Kier alpha value is -1.48. The monoisotopic (exact) mass is 259 g/mol. The van der Waals surface area contributed by atoms with Gasteiger partial charge in [-0.2, -0.15) is 0 Å². The molecule has 3 rings (SSSR count). The summed E-state index contributed by atoms with van der Waals surface area (Å²) in [4.78, 5) is 0. The molecule has 0 radical (unpaired) electrons. The van der Waals surface area contributed by atoms with Gasteiger partial charge in [0.1, 0.15) is 0 Å². The third-order valence-corrected chi connectivity index (χ3v) is 4.14. The van der Waals surface area contributed by atoms with Gasteiger partial charge in [-0.1, -0.05) is 18.2 Å². The Morgan fingerprint density at radius 3 is 2.95 bits per heavy atom. The Morgan fingerprint density at radius 2 is 2.16 bits per heavy atom. The number of hydrogen-bond donors (Lipinski definition) is 1. The molecule has 0 bridgehead atoms. The topological polar surface area (TPSA) is 30.5 Å². The van der Waals surface area contributed by atoms with E-state index in [1.807, 2.05) is 6.07 Å². The molecule has 1 aromatic carbocycles. The van der Waals surface area contributed by atoms with Crippen molar-refractivity contribution in [2.24, 2.45) is 5.92 Å². The molecule has 0 spiro atoms. The van der Waals surface area contributed by atoms with Gasteiger partial charge in [0, 0.05) is 6.04 Å². The van der Waals surface area contributed by atoms with Crippen LogP contribution in [0.4, 0.5) is 0 Å². The van der Waals surface area contributed by atoms with Crippen LogP contribution in [-0.4, -0.2) is 19.9 Å². The average Bonchev–Trinajstić information content (AvgIpc) is 2.93. The van der Waals surface area contributed by atoms with Gasteiger partial charge in [0.05, 0.1) is 0 Å². The molecule has 0 fully saturated rings. The van der Waals surface area contributed by atoms with Crippen LogP contribution in [0.15, 0.2) is 30.4 Å². The summed E-state index contributed by atoms with van der Waals surface area (Å²) in [6, 6.07) is 6.82. The minimum absolute atomic E-state index is 0.349. The van der Waals surface area contributed by atoms with Gasteiger partial charge in [-0.05, 0) is 56.3 Å². The second-order valence-corrected chi connectivity index (χ2v) is 5.33. The second kappa shape index (κ2) is 5.66. The number of likely N-dealkylation sites (N-methyl/N-ethyl adjacent to an activating group) is 1. The van der Waals surface area contributed by atoms with E-state index < -0.39 is 0 Å². The van der Waals surface area contributed by atoms with E-state index >= 15 is 0 Å². The molecule has 0 aromatic heterocycles. The molecule has 2 aliphatic rings. The standard InChI is InChI=1S/C16H21NO2/c1-17-14(13-5-3-2-4-6-13)9-12-7-8-15-16(10-12)19-11-18-15/h2-3,7-8,10,13-14,17H,4-6,9,11H2,1H3. The molecule has 3 nitrogen and oxygen atoms in total. The molecule has 19 heavy (non-hydrogen) atoms. The van der Waals surface area contributed by atoms with Crippen molar-refractivity contribution in [1.82, 2.24) is 5.32 Å². The Balaban J connectivity index is 1.70. The number of ether oxygens (including phenoxy) is 2. The number of fused-ring (bicyclic) bond motifs is 1. The molecule has 0 saturated heterocycles. The van der Waals surface area contributed by atoms with Crippen LogP contribution in [0.3, 0.4) is 0 Å². The summed E-state index contributed by atoms with van der Waals surface area (Å²) >= 11 is 0. The first-order valence-corrected chi connectivity index (χ1v) is 7.07. The summed E-state index contributed by atoms with van der Waals surface area (Å²) < 4.78 is 10.8. The van der Waals surface area contributed by atoms with E-state index in [4.69, 9.17) is 9.47 Å². The zero-order chi connectivity index (χ0) is 13.1. The first-order valence-electron chi connectivity index (χ1n) is 7.07. The van der Waals surface area contributed by atoms with Gasteiger partial charge in [-0.15, -0.1) is 0 Å². The maximum atomic E-state index is 5.45. The summed E-state index contributed by atoms with van der Waals surface area (Å²) in [6.07, 6.45) is 9.35. The van der Waals surface area contributed by atoms with Crippen LogP contribution < -0.4 is 14.8 Å². The predicted molar refractivity (Wildman–Crippen MR) is 75.6 cm³/mol. The highest BCUT2D eigenvalue weighted by molar-refractivity contribution is 5.44. The third kappa shape index (κ3) is 2.76. The van der Waals surface area contributed by atoms with Crippen molar-refractivity contribution < 1.29 is 9.47 Å². The highest BCUT2D eigenvalue weighted by Gasteiger charge is 2.21. The minimum atomic E-state index is 0.349. The van der Waals surface area contributed by atoms with E-state index in [1.165, 1.54) is 24.8 Å². The summed E-state index contributed by atoms with van der Waals surface area (Å²) in [5.41, 5.74) is 1.32. The second-order valence-electron chi connectivity index (χ2n) is 5.33. The molecule has 2 atom stereocenters. The number of benzene rings is 1. The van der Waals surface area contributed by atoms with Crippen molar-refractivity contribution >= 4 is 0 Å². The van der Waals surface area contributed by atoms with Crippen LogP contribution in [0.25, 0.3) is 0 Å². The van der Waals surface area contributed by atoms with E-state index in [0.717, 1.165) is 23.8 Å². The van der Waals surface area contributed by atoms with Crippen molar-refractivity contribution in [2.45, 2.75) is 31.7 Å². The van der Waals surface area contributed by atoms with Crippen LogP contribution in [0.1, 0.15) is 24.8 Å². The molecule has 102 valence electrons. The molecule has 1 N–H and O–H groups in total. The minimum Gasteiger partial charge on any atom is -0.454 e. The largest absolute Gasteiger partial charge is 0.454 e. The number of allylic oxidation sites excluding steroid dienone is 2. The lowest BCUT2D eigenvalue weighted by Gasteiger charge is -2.28. The molecular formula is C16H21NO2. The third-order valence-electron chi connectivity index (χ3n) is 4.14. The molecule has 2 unspecified atom stereocenters. The van der Waals surface area contributed by atoms with Gasteiger partial charge in [0.25, 0.3) is 0 Å². The smallest absolute Gasteiger partial charge is 0.231 e. The van der Waals surface area contributed by atoms with Crippen molar-refractivity contribution in [3.05, 3.63) is 35.9 Å². The van der Waals surface area contributed by atoms with Crippen molar-refractivity contribution in [1.29, 1.82) is 0 Å². The molecule has 1 aromatic rings. The Kier molecular flexibility index (Phi) is 3.74. The Labute approximate surface area is 114 Å². The van der Waals surface area contributed by atoms with Crippen LogP contribution in [0.2, 0.25) is 0 Å². The summed E-state index contributed by atoms with van der Waals surface area (Å²) in [7, 11) is 2.07. The van der Waals surface area contributed by atoms with Gasteiger partial charge in [-0.25, -0.2) is 0 Å². The van der Waals surface area contributed by atoms with E-state index in [9.17, 15) is 0 Å². The molecular weight excluding hydrogens is 238 g/mol. The lowest BCUT2D eigenvalue weighted by atomic mass is 9.84. The van der Waals surface area contributed by atoms with E-state index in [1.54, 1.807) is 0 Å². The predicted octanol–water partition coefficient (Wildman–Crippen LogP) is 2.90. The lowest BCUT2D eigenvalue weighted by molar-refractivity contribution is 0.174. The molecule has 0 amide bonds. The summed E-state index contributed by atoms with van der Waals surface area (Å²) in [5, 5.41) is 3.48. The summed E-state index contributed by atoms with van der Waals surface area (Å²) in [5.74, 6) is 2.49. The first kappa shape index (κ1) is 12.5. The van der Waals surface area contributed by atoms with Gasteiger partial charge in [0.2, 0.25) is 6.79 Å². The molecule has 1 aliphatic heterocycles. The van der Waals surface area contributed by atoms with E-state index in [2.05, 4.69) is 36.6 Å². The van der Waals surface area contributed by atoms with Gasteiger partial charge in [0.15, 0.2) is 11.5 Å². The first-order chi connectivity index (χ1) is 9.36. The molecule has 1 heterocycles. The highest BCUT2D eigenvalue weighted by Crippen LogP contribution is 2.33. The van der Waals surface area contributed by atoms with Crippen LogP contribution in [0.5, 0.6) is 11.5 Å². The van der Waals surface area contributed by atoms with Gasteiger partial charge >= 0.3 is 0 Å². The quantitative estimate of drug-likeness (QED) is 0.843. The van der Waals surface area contributed by atoms with Gasteiger partial charge in [-0.3, -0.25) is 0 Å². The van der Waals surface area contributed by atoms with Crippen molar-refractivity contribution in [3.63, 3.8) is 0 Å². The Bertz CT molecular complexity index is 470. The number of hydrogen-bond acceptors (Lipinski definition) is 3. The van der Waals surface area contributed by atoms with Crippen LogP contribution in [-0.2, 0) is 6.42 Å². The Morgan fingerprint density at radius 1 is 1.26 bits per heavy atom. The number of rotatable bonds is 4. The summed E-state index contributed by atoms with van der Waals surface area (Å²) in [6.45, 7) is 0.349. The SMILES string of the molecule is CNC(Cc1ccc2c(c1)OCO2)C1CC=CCC1. The fourth-order valence-electron chi connectivity index (χ4n) is 3.01. The fraction of sp³-hybridized carbons (Fsp3) is 0.500. The van der Waals surface area contributed by atoms with Crippen LogP contribution >= 0.6 is 0 Å². The van der Waals surface area contributed by atoms with E-state index in [0.29, 0.717) is 12.8 Å². The fourth-order valence-corrected chi connectivity index (χ4v) is 3.01. The normalized spacial score (nSPS) is 22.5. The maximum Gasteiger partial charge on any atom is 0.231 e. The highest BCUT2D eigenvalue weighted by atomic mass is 16.7. The lowest BCUT2D eigenvalue weighted by Crippen LogP contribution is -2.36. The maximum absolute atomic E-state index is 5.45. The van der Waals surface area contributed by atoms with E-state index in [-0.39, 0.29) is 0 Å².